The monoisotopic (exact) mass is 322 g/mol. The third-order valence-corrected chi connectivity index (χ3v) is 4.34. The van der Waals surface area contributed by atoms with E-state index in [0.29, 0.717) is 16.3 Å². The summed E-state index contributed by atoms with van der Waals surface area (Å²) < 4.78 is 0. The Labute approximate surface area is 135 Å². The lowest BCUT2D eigenvalue weighted by molar-refractivity contribution is 0.0699. The average molecular weight is 322 g/mol. The Morgan fingerprint density at radius 1 is 1.13 bits per heavy atom. The maximum absolute atomic E-state index is 11.0. The maximum atomic E-state index is 11.0. The van der Waals surface area contributed by atoms with Gasteiger partial charge in [-0.1, -0.05) is 42.5 Å². The van der Waals surface area contributed by atoms with Gasteiger partial charge in [0.2, 0.25) is 5.88 Å². The largest absolute Gasteiger partial charge is 0.492 e. The zero-order chi connectivity index (χ0) is 16.4. The van der Waals surface area contributed by atoms with Crippen molar-refractivity contribution >= 4 is 23.0 Å². The van der Waals surface area contributed by atoms with Crippen LogP contribution in [-0.2, 0) is 0 Å². The molecule has 5 nitrogen and oxygen atoms in total. The molecule has 0 atom stereocenters. The average Bonchev–Trinajstić information content (AvgIpc) is 2.97. The van der Waals surface area contributed by atoms with Gasteiger partial charge in [0, 0.05) is 5.56 Å². The van der Waals surface area contributed by atoms with Crippen LogP contribution in [0.1, 0.15) is 9.67 Å². The van der Waals surface area contributed by atoms with E-state index in [9.17, 15) is 9.90 Å². The number of benzene rings is 2. The molecular formula is C17H10N2O3S. The third-order valence-electron chi connectivity index (χ3n) is 3.25. The number of rotatable bonds is 3. The van der Waals surface area contributed by atoms with Crippen LogP contribution in [-0.4, -0.2) is 21.2 Å². The van der Waals surface area contributed by atoms with Gasteiger partial charge in [-0.3, -0.25) is 0 Å². The van der Waals surface area contributed by atoms with Crippen LogP contribution in [0.5, 0.6) is 5.88 Å². The van der Waals surface area contributed by atoms with Crippen LogP contribution in [0.4, 0.5) is 5.69 Å². The topological polar surface area (TPSA) is 74.8 Å². The van der Waals surface area contributed by atoms with Crippen molar-refractivity contribution in [3.8, 4) is 27.6 Å². The number of carboxylic acids is 1. The van der Waals surface area contributed by atoms with E-state index in [1.165, 1.54) is 0 Å². The SMILES string of the molecule is [C-]#[N+]c1cc(-c2nc(O)c(C(=O)O)s2)ccc1-c1ccccc1. The number of aromatic hydroxyl groups is 1. The molecule has 112 valence electrons. The van der Waals surface area contributed by atoms with Gasteiger partial charge in [-0.15, -0.1) is 11.3 Å². The first-order chi connectivity index (χ1) is 11.1. The molecule has 0 spiro atoms. The highest BCUT2D eigenvalue weighted by molar-refractivity contribution is 7.17. The van der Waals surface area contributed by atoms with Crippen LogP contribution in [0.2, 0.25) is 0 Å². The van der Waals surface area contributed by atoms with E-state index in [4.69, 9.17) is 11.7 Å². The number of hydrogen-bond acceptors (Lipinski definition) is 4. The summed E-state index contributed by atoms with van der Waals surface area (Å²) >= 11 is 0.878. The van der Waals surface area contributed by atoms with Gasteiger partial charge in [0.25, 0.3) is 0 Å². The molecule has 0 aliphatic heterocycles. The molecule has 23 heavy (non-hydrogen) atoms. The first-order valence-corrected chi connectivity index (χ1v) is 7.42. The molecule has 1 aromatic heterocycles. The van der Waals surface area contributed by atoms with Gasteiger partial charge in [0.15, 0.2) is 10.6 Å². The molecule has 2 N–H and O–H groups in total. The number of hydrogen-bond donors (Lipinski definition) is 2. The third kappa shape index (κ3) is 2.78. The van der Waals surface area contributed by atoms with Crippen molar-refractivity contribution in [3.63, 3.8) is 0 Å². The zero-order valence-electron chi connectivity index (χ0n) is 11.7. The summed E-state index contributed by atoms with van der Waals surface area (Å²) in [5.74, 6) is -1.73. The van der Waals surface area contributed by atoms with Gasteiger partial charge >= 0.3 is 5.97 Å². The van der Waals surface area contributed by atoms with Crippen molar-refractivity contribution in [2.75, 3.05) is 0 Å². The first kappa shape index (κ1) is 14.8. The molecule has 2 aromatic carbocycles. The summed E-state index contributed by atoms with van der Waals surface area (Å²) in [5, 5.41) is 18.9. The second-order valence-corrected chi connectivity index (χ2v) is 5.69. The summed E-state index contributed by atoms with van der Waals surface area (Å²) in [6.07, 6.45) is 0. The minimum absolute atomic E-state index is 0.212. The van der Waals surface area contributed by atoms with Crippen LogP contribution in [0.25, 0.3) is 26.5 Å². The van der Waals surface area contributed by atoms with Crippen LogP contribution in [0, 0.1) is 6.57 Å². The Hall–Kier alpha value is -3.17. The molecule has 3 aromatic rings. The fourth-order valence-electron chi connectivity index (χ4n) is 2.19. The van der Waals surface area contributed by atoms with Crippen molar-refractivity contribution in [2.24, 2.45) is 0 Å². The molecule has 3 rings (SSSR count). The minimum atomic E-state index is -1.22. The highest BCUT2D eigenvalue weighted by Crippen LogP contribution is 2.37. The molecule has 0 amide bonds. The lowest BCUT2D eigenvalue weighted by Crippen LogP contribution is -1.91. The predicted molar refractivity (Wildman–Crippen MR) is 87.9 cm³/mol. The highest BCUT2D eigenvalue weighted by Gasteiger charge is 2.18. The van der Waals surface area contributed by atoms with E-state index in [1.807, 2.05) is 30.3 Å². The van der Waals surface area contributed by atoms with Crippen LogP contribution < -0.4 is 0 Å². The fourth-order valence-corrected chi connectivity index (χ4v) is 2.99. The van der Waals surface area contributed by atoms with E-state index in [1.54, 1.807) is 18.2 Å². The second-order valence-electron chi connectivity index (χ2n) is 4.69. The van der Waals surface area contributed by atoms with E-state index in [2.05, 4.69) is 9.83 Å². The summed E-state index contributed by atoms with van der Waals surface area (Å²) in [4.78, 5) is 18.2. The smallest absolute Gasteiger partial charge is 0.351 e. The van der Waals surface area contributed by atoms with E-state index >= 15 is 0 Å². The number of carbonyl (C=O) groups is 1. The molecule has 0 aliphatic carbocycles. The van der Waals surface area contributed by atoms with Gasteiger partial charge in [-0.05, 0) is 17.2 Å². The van der Waals surface area contributed by atoms with Crippen molar-refractivity contribution in [1.82, 2.24) is 4.98 Å². The van der Waals surface area contributed by atoms with Crippen LogP contribution in [0.3, 0.4) is 0 Å². The maximum Gasteiger partial charge on any atom is 0.351 e. The highest BCUT2D eigenvalue weighted by atomic mass is 32.1. The van der Waals surface area contributed by atoms with Crippen LogP contribution in [0.15, 0.2) is 48.5 Å². The van der Waals surface area contributed by atoms with E-state index < -0.39 is 11.8 Å². The van der Waals surface area contributed by atoms with E-state index in [0.717, 1.165) is 22.5 Å². The second kappa shape index (κ2) is 5.91. The molecule has 0 saturated heterocycles. The molecule has 0 bridgehead atoms. The Morgan fingerprint density at radius 3 is 2.48 bits per heavy atom. The van der Waals surface area contributed by atoms with Crippen molar-refractivity contribution in [2.45, 2.75) is 0 Å². The quantitative estimate of drug-likeness (QED) is 0.699. The van der Waals surface area contributed by atoms with Crippen LogP contribution >= 0.6 is 11.3 Å². The number of thiazole rings is 1. The van der Waals surface area contributed by atoms with Gasteiger partial charge in [-0.2, -0.15) is 0 Å². The number of carboxylic acid groups (broad SMARTS) is 1. The molecule has 0 fully saturated rings. The molecule has 0 saturated carbocycles. The van der Waals surface area contributed by atoms with Gasteiger partial charge in [0.05, 0.1) is 6.57 Å². The van der Waals surface area contributed by atoms with Crippen molar-refractivity contribution < 1.29 is 15.0 Å². The Bertz CT molecular complexity index is 927. The van der Waals surface area contributed by atoms with Gasteiger partial charge < -0.3 is 10.2 Å². The van der Waals surface area contributed by atoms with Gasteiger partial charge in [0.1, 0.15) is 5.01 Å². The molecule has 6 heteroatoms. The lowest BCUT2D eigenvalue weighted by atomic mass is 10.0. The molecule has 0 aliphatic rings. The van der Waals surface area contributed by atoms with E-state index in [-0.39, 0.29) is 4.88 Å². The van der Waals surface area contributed by atoms with Gasteiger partial charge in [-0.25, -0.2) is 14.6 Å². The summed E-state index contributed by atoms with van der Waals surface area (Å²) in [6.45, 7) is 7.37. The Morgan fingerprint density at radius 2 is 1.87 bits per heavy atom. The first-order valence-electron chi connectivity index (χ1n) is 6.60. The normalized spacial score (nSPS) is 10.2. The molecule has 0 radical (unpaired) electrons. The molecular weight excluding hydrogens is 312 g/mol. The summed E-state index contributed by atoms with van der Waals surface area (Å²) in [5.41, 5.74) is 2.77. The number of aromatic carboxylic acids is 1. The standard InChI is InChI=1S/C17H10N2O3S/c1-18-13-9-11(16-19-15(20)14(23-16)17(21)22)7-8-12(13)10-5-3-2-4-6-10/h2-9,20H,(H,21,22). The van der Waals surface area contributed by atoms with Crippen molar-refractivity contribution in [1.29, 1.82) is 0 Å². The lowest BCUT2D eigenvalue weighted by Gasteiger charge is -2.06. The Balaban J connectivity index is 2.08. The zero-order valence-corrected chi connectivity index (χ0v) is 12.5. The summed E-state index contributed by atoms with van der Waals surface area (Å²) in [6, 6.07) is 14.8. The van der Waals surface area contributed by atoms with Crippen molar-refractivity contribution in [3.05, 3.63) is 64.8 Å². The molecule has 0 unspecified atom stereocenters. The Kier molecular flexibility index (Phi) is 3.79. The predicted octanol–water partition coefficient (Wildman–Crippen LogP) is 4.43. The molecule has 1 heterocycles. The number of aromatic nitrogens is 1. The fraction of sp³-hybridized carbons (Fsp3) is 0. The summed E-state index contributed by atoms with van der Waals surface area (Å²) in [7, 11) is 0. The number of nitrogens with zero attached hydrogens (tertiary/aromatic N) is 2. The minimum Gasteiger partial charge on any atom is -0.492 e.